The van der Waals surface area contributed by atoms with Crippen LogP contribution < -0.4 is 10.5 Å². The van der Waals surface area contributed by atoms with Crippen LogP contribution in [0.25, 0.3) is 10.8 Å². The Labute approximate surface area is 116 Å². The summed E-state index contributed by atoms with van der Waals surface area (Å²) >= 11 is 0. The summed E-state index contributed by atoms with van der Waals surface area (Å²) in [6.07, 6.45) is 1.29. The van der Waals surface area contributed by atoms with E-state index >= 15 is 0 Å². The molecule has 0 unspecified atom stereocenters. The van der Waals surface area contributed by atoms with Crippen LogP contribution in [0.1, 0.15) is 24.4 Å². The molecule has 5 heteroatoms. The van der Waals surface area contributed by atoms with Crippen molar-refractivity contribution in [3.63, 3.8) is 0 Å². The Kier molecular flexibility index (Phi) is 3.35. The van der Waals surface area contributed by atoms with Crippen LogP contribution in [0.2, 0.25) is 0 Å². The summed E-state index contributed by atoms with van der Waals surface area (Å²) in [7, 11) is 0. The van der Waals surface area contributed by atoms with Gasteiger partial charge in [0.1, 0.15) is 5.75 Å². The van der Waals surface area contributed by atoms with E-state index in [-0.39, 0.29) is 12.6 Å². The lowest BCUT2D eigenvalue weighted by molar-refractivity contribution is 0.286. The highest BCUT2D eigenvalue weighted by molar-refractivity contribution is 5.89. The second-order valence-electron chi connectivity index (χ2n) is 4.63. The normalized spacial score (nSPS) is 12.5. The van der Waals surface area contributed by atoms with Crippen LogP contribution in [0.5, 0.6) is 5.75 Å². The number of aromatic nitrogens is 2. The molecule has 3 rings (SSSR count). The van der Waals surface area contributed by atoms with Gasteiger partial charge in [-0.05, 0) is 12.3 Å². The van der Waals surface area contributed by atoms with Crippen molar-refractivity contribution >= 4 is 10.8 Å². The number of benzene rings is 2. The maximum absolute atomic E-state index is 6.02. The van der Waals surface area contributed by atoms with Crippen LogP contribution in [0.15, 0.2) is 47.3 Å². The van der Waals surface area contributed by atoms with E-state index in [9.17, 15) is 0 Å². The first-order valence-electron chi connectivity index (χ1n) is 6.41. The molecule has 1 aromatic heterocycles. The fourth-order valence-corrected chi connectivity index (χ4v) is 2.17. The molecule has 1 atom stereocenters. The SMILES string of the molecule is C[C@@H](N)c1ccc2ccccc2c1OCc1ncon1. The molecule has 5 nitrogen and oxygen atoms in total. The van der Waals surface area contributed by atoms with E-state index in [1.54, 1.807) is 0 Å². The minimum atomic E-state index is -0.111. The molecule has 0 aliphatic carbocycles. The fourth-order valence-electron chi connectivity index (χ4n) is 2.17. The molecule has 0 bridgehead atoms. The predicted octanol–water partition coefficient (Wildman–Crippen LogP) is 2.82. The molecule has 20 heavy (non-hydrogen) atoms. The first-order valence-corrected chi connectivity index (χ1v) is 6.41. The molecule has 3 aromatic rings. The van der Waals surface area contributed by atoms with E-state index in [1.165, 1.54) is 6.39 Å². The highest BCUT2D eigenvalue weighted by atomic mass is 16.5. The third kappa shape index (κ3) is 2.35. The fraction of sp³-hybridized carbons (Fsp3) is 0.200. The van der Waals surface area contributed by atoms with Crippen LogP contribution >= 0.6 is 0 Å². The lowest BCUT2D eigenvalue weighted by atomic mass is 10.0. The van der Waals surface area contributed by atoms with Gasteiger partial charge in [0.15, 0.2) is 6.61 Å². The summed E-state index contributed by atoms with van der Waals surface area (Å²) < 4.78 is 10.6. The molecule has 0 aliphatic rings. The number of rotatable bonds is 4. The second kappa shape index (κ2) is 5.30. The van der Waals surface area contributed by atoms with Gasteiger partial charge < -0.3 is 15.0 Å². The number of nitrogens with two attached hydrogens (primary N) is 1. The molecule has 0 amide bonds. The number of fused-ring (bicyclic) bond motifs is 1. The van der Waals surface area contributed by atoms with Crippen LogP contribution in [0.4, 0.5) is 0 Å². The third-order valence-corrected chi connectivity index (χ3v) is 3.15. The lowest BCUT2D eigenvalue weighted by Gasteiger charge is -2.15. The maximum atomic E-state index is 6.02. The zero-order valence-corrected chi connectivity index (χ0v) is 11.1. The first kappa shape index (κ1) is 12.6. The third-order valence-electron chi connectivity index (χ3n) is 3.15. The summed E-state index contributed by atoms with van der Waals surface area (Å²) in [4.78, 5) is 3.95. The zero-order valence-electron chi connectivity index (χ0n) is 11.1. The molecule has 1 heterocycles. The summed E-state index contributed by atoms with van der Waals surface area (Å²) in [5.41, 5.74) is 6.99. The maximum Gasteiger partial charge on any atom is 0.213 e. The zero-order chi connectivity index (χ0) is 13.9. The van der Waals surface area contributed by atoms with Crippen molar-refractivity contribution in [2.24, 2.45) is 5.73 Å². The lowest BCUT2D eigenvalue weighted by Crippen LogP contribution is -2.09. The first-order chi connectivity index (χ1) is 9.75. The number of nitrogens with zero attached hydrogens (tertiary/aromatic N) is 2. The predicted molar refractivity (Wildman–Crippen MR) is 75.2 cm³/mol. The van der Waals surface area contributed by atoms with Crippen molar-refractivity contribution in [1.29, 1.82) is 0 Å². The van der Waals surface area contributed by atoms with Gasteiger partial charge >= 0.3 is 0 Å². The molecule has 102 valence electrons. The van der Waals surface area contributed by atoms with Gasteiger partial charge in [-0.15, -0.1) is 0 Å². The van der Waals surface area contributed by atoms with Crippen molar-refractivity contribution in [1.82, 2.24) is 10.1 Å². The van der Waals surface area contributed by atoms with Crippen molar-refractivity contribution in [2.75, 3.05) is 0 Å². The molecular weight excluding hydrogens is 254 g/mol. The smallest absolute Gasteiger partial charge is 0.213 e. The Morgan fingerprint density at radius 1 is 1.25 bits per heavy atom. The van der Waals surface area contributed by atoms with Crippen LogP contribution in [-0.4, -0.2) is 10.1 Å². The molecule has 2 aromatic carbocycles. The minimum absolute atomic E-state index is 0.111. The monoisotopic (exact) mass is 269 g/mol. The van der Waals surface area contributed by atoms with E-state index < -0.39 is 0 Å². The van der Waals surface area contributed by atoms with Crippen molar-refractivity contribution in [3.05, 3.63) is 54.2 Å². The molecule has 0 saturated heterocycles. The molecule has 0 fully saturated rings. The van der Waals surface area contributed by atoms with Crippen LogP contribution in [0.3, 0.4) is 0 Å². The molecule has 0 saturated carbocycles. The van der Waals surface area contributed by atoms with Crippen LogP contribution in [-0.2, 0) is 6.61 Å². The molecule has 0 aliphatic heterocycles. The van der Waals surface area contributed by atoms with Gasteiger partial charge in [0.2, 0.25) is 12.2 Å². The van der Waals surface area contributed by atoms with E-state index in [0.29, 0.717) is 5.82 Å². The minimum Gasteiger partial charge on any atom is -0.484 e. The Hall–Kier alpha value is -2.40. The van der Waals surface area contributed by atoms with Crippen molar-refractivity contribution < 1.29 is 9.26 Å². The molecule has 2 N–H and O–H groups in total. The highest BCUT2D eigenvalue weighted by Crippen LogP contribution is 2.33. The van der Waals surface area contributed by atoms with Gasteiger partial charge in [-0.3, -0.25) is 0 Å². The average molecular weight is 269 g/mol. The Balaban J connectivity index is 2.03. The molecular formula is C15H15N3O2. The topological polar surface area (TPSA) is 74.2 Å². The number of ether oxygens (including phenoxy) is 1. The van der Waals surface area contributed by atoms with E-state index in [0.717, 1.165) is 22.1 Å². The van der Waals surface area contributed by atoms with Crippen LogP contribution in [0, 0.1) is 0 Å². The summed E-state index contributed by atoms with van der Waals surface area (Å²) in [5, 5.41) is 5.89. The van der Waals surface area contributed by atoms with E-state index in [2.05, 4.69) is 16.2 Å². The summed E-state index contributed by atoms with van der Waals surface area (Å²) in [6, 6.07) is 12.0. The van der Waals surface area contributed by atoms with E-state index in [1.807, 2.05) is 37.3 Å². The van der Waals surface area contributed by atoms with E-state index in [4.69, 9.17) is 15.0 Å². The van der Waals surface area contributed by atoms with Gasteiger partial charge in [0.05, 0.1) is 0 Å². The Bertz CT molecular complexity index is 708. The van der Waals surface area contributed by atoms with Crippen molar-refractivity contribution in [2.45, 2.75) is 19.6 Å². The summed E-state index contributed by atoms with van der Waals surface area (Å²) in [5.74, 6) is 1.29. The van der Waals surface area contributed by atoms with Gasteiger partial charge in [0, 0.05) is 17.0 Å². The standard InChI is InChI=1S/C15H15N3O2/c1-10(16)12-7-6-11-4-2-3-5-13(11)15(12)19-8-14-17-9-20-18-14/h2-7,9-10H,8,16H2,1H3/t10-/m1/s1. The Morgan fingerprint density at radius 3 is 2.85 bits per heavy atom. The average Bonchev–Trinajstić information content (AvgIpc) is 2.97. The van der Waals surface area contributed by atoms with Gasteiger partial charge in [-0.25, -0.2) is 0 Å². The van der Waals surface area contributed by atoms with Gasteiger partial charge in [0.25, 0.3) is 0 Å². The quantitative estimate of drug-likeness (QED) is 0.788. The molecule has 0 spiro atoms. The Morgan fingerprint density at radius 2 is 2.10 bits per heavy atom. The van der Waals surface area contributed by atoms with Crippen molar-refractivity contribution in [3.8, 4) is 5.75 Å². The summed E-state index contributed by atoms with van der Waals surface area (Å²) in [6.45, 7) is 2.19. The molecule has 0 radical (unpaired) electrons. The largest absolute Gasteiger partial charge is 0.484 e. The van der Waals surface area contributed by atoms with Gasteiger partial charge in [-0.2, -0.15) is 4.98 Å². The highest BCUT2D eigenvalue weighted by Gasteiger charge is 2.13. The van der Waals surface area contributed by atoms with Gasteiger partial charge in [-0.1, -0.05) is 41.6 Å². The number of hydrogen-bond donors (Lipinski definition) is 1. The second-order valence-corrected chi connectivity index (χ2v) is 4.63. The number of hydrogen-bond acceptors (Lipinski definition) is 5.